The number of likely N-dealkylation sites (N-methyl/N-ethyl adjacent to an activating group) is 1. The van der Waals surface area contributed by atoms with E-state index in [0.29, 0.717) is 11.5 Å². The molecule has 0 amide bonds. The Balaban J connectivity index is 2.52. The Morgan fingerprint density at radius 2 is 2.24 bits per heavy atom. The topological polar surface area (TPSA) is 24.5 Å². The zero-order valence-electron chi connectivity index (χ0n) is 12.1. The van der Waals surface area contributed by atoms with Crippen molar-refractivity contribution in [2.45, 2.75) is 45.6 Å². The first-order valence-corrected chi connectivity index (χ1v) is 7.03. The van der Waals surface area contributed by atoms with Crippen molar-refractivity contribution in [3.05, 3.63) is 0 Å². The van der Waals surface area contributed by atoms with E-state index in [4.69, 9.17) is 4.74 Å². The molecule has 3 heteroatoms. The van der Waals surface area contributed by atoms with Gasteiger partial charge in [0.1, 0.15) is 0 Å². The van der Waals surface area contributed by atoms with Crippen molar-refractivity contribution >= 4 is 0 Å². The second kappa shape index (κ2) is 7.34. The normalized spacial score (nSPS) is 27.4. The van der Waals surface area contributed by atoms with E-state index in [-0.39, 0.29) is 0 Å². The van der Waals surface area contributed by atoms with Crippen molar-refractivity contribution in [2.75, 3.05) is 40.4 Å². The number of hydrogen-bond acceptors (Lipinski definition) is 3. The summed E-state index contributed by atoms with van der Waals surface area (Å²) in [7, 11) is 4.02. The summed E-state index contributed by atoms with van der Waals surface area (Å²) in [6.07, 6.45) is 5.32. The highest BCUT2D eigenvalue weighted by atomic mass is 16.5. The van der Waals surface area contributed by atoms with Crippen LogP contribution in [0.3, 0.4) is 0 Å². The van der Waals surface area contributed by atoms with Crippen molar-refractivity contribution in [1.29, 1.82) is 0 Å². The van der Waals surface area contributed by atoms with Gasteiger partial charge in [0.25, 0.3) is 0 Å². The van der Waals surface area contributed by atoms with Gasteiger partial charge >= 0.3 is 0 Å². The van der Waals surface area contributed by atoms with Gasteiger partial charge in [-0.15, -0.1) is 0 Å². The van der Waals surface area contributed by atoms with Crippen LogP contribution in [0, 0.1) is 5.41 Å². The third-order valence-corrected chi connectivity index (χ3v) is 4.09. The van der Waals surface area contributed by atoms with Crippen molar-refractivity contribution in [1.82, 2.24) is 10.2 Å². The lowest BCUT2D eigenvalue weighted by Gasteiger charge is -2.42. The smallest absolute Gasteiger partial charge is 0.0615 e. The Bertz CT molecular complexity index is 197. The second-order valence-electron chi connectivity index (χ2n) is 5.75. The number of piperidine rings is 1. The van der Waals surface area contributed by atoms with Crippen molar-refractivity contribution in [2.24, 2.45) is 5.41 Å². The van der Waals surface area contributed by atoms with E-state index in [2.05, 4.69) is 31.1 Å². The molecule has 0 aliphatic carbocycles. The summed E-state index contributed by atoms with van der Waals surface area (Å²) in [5.41, 5.74) is 0.490. The highest BCUT2D eigenvalue weighted by molar-refractivity contribution is 4.88. The monoisotopic (exact) mass is 242 g/mol. The van der Waals surface area contributed by atoms with Crippen LogP contribution in [0.1, 0.15) is 39.5 Å². The van der Waals surface area contributed by atoms with Gasteiger partial charge in [-0.25, -0.2) is 0 Å². The Morgan fingerprint density at radius 3 is 2.76 bits per heavy atom. The summed E-state index contributed by atoms with van der Waals surface area (Å²) in [4.78, 5) is 2.46. The molecule has 0 saturated carbocycles. The van der Waals surface area contributed by atoms with Gasteiger partial charge in [0.05, 0.1) is 6.61 Å². The second-order valence-corrected chi connectivity index (χ2v) is 5.75. The van der Waals surface area contributed by atoms with Gasteiger partial charge in [0.15, 0.2) is 0 Å². The molecule has 0 radical (unpaired) electrons. The first kappa shape index (κ1) is 14.9. The minimum atomic E-state index is 0.490. The Hall–Kier alpha value is -0.120. The fraction of sp³-hybridized carbons (Fsp3) is 1.00. The van der Waals surface area contributed by atoms with Crippen LogP contribution in [0.2, 0.25) is 0 Å². The molecule has 1 heterocycles. The van der Waals surface area contributed by atoms with Gasteiger partial charge in [-0.2, -0.15) is 0 Å². The number of rotatable bonds is 7. The lowest BCUT2D eigenvalue weighted by atomic mass is 9.76. The molecule has 1 N–H and O–H groups in total. The average molecular weight is 242 g/mol. The van der Waals surface area contributed by atoms with Gasteiger partial charge in [-0.1, -0.05) is 13.3 Å². The summed E-state index contributed by atoms with van der Waals surface area (Å²) in [6.45, 7) is 8.95. The number of nitrogens with zero attached hydrogens (tertiary/aromatic N) is 1. The number of nitrogens with one attached hydrogen (secondary N) is 1. The van der Waals surface area contributed by atoms with Gasteiger partial charge in [-0.05, 0) is 45.2 Å². The standard InChI is InChI=1S/C14H30N2O/c1-5-7-14(8-6-9-15-11-14)12-16(3)13(2)10-17-4/h13,15H,5-12H2,1-4H3. The number of ether oxygens (including phenoxy) is 1. The van der Waals surface area contributed by atoms with Crippen LogP contribution in [-0.2, 0) is 4.74 Å². The van der Waals surface area contributed by atoms with E-state index in [1.165, 1.54) is 45.3 Å². The predicted octanol–water partition coefficient (Wildman–Crippen LogP) is 2.12. The Morgan fingerprint density at radius 1 is 1.47 bits per heavy atom. The van der Waals surface area contributed by atoms with Crippen molar-refractivity contribution in [3.63, 3.8) is 0 Å². The van der Waals surface area contributed by atoms with Gasteiger partial charge < -0.3 is 15.0 Å². The SMILES string of the molecule is CCCC1(CN(C)C(C)COC)CCCNC1. The average Bonchev–Trinajstić information content (AvgIpc) is 2.30. The van der Waals surface area contributed by atoms with Crippen LogP contribution in [0.15, 0.2) is 0 Å². The molecule has 1 saturated heterocycles. The fourth-order valence-electron chi connectivity index (χ4n) is 3.04. The molecule has 102 valence electrons. The zero-order valence-corrected chi connectivity index (χ0v) is 12.1. The highest BCUT2D eigenvalue weighted by Gasteiger charge is 2.33. The van der Waals surface area contributed by atoms with Crippen LogP contribution < -0.4 is 5.32 Å². The number of methoxy groups -OCH3 is 1. The zero-order chi connectivity index (χ0) is 12.7. The molecule has 3 nitrogen and oxygen atoms in total. The third-order valence-electron chi connectivity index (χ3n) is 4.09. The molecule has 0 aromatic heterocycles. The van der Waals surface area contributed by atoms with Crippen LogP contribution in [-0.4, -0.2) is 51.3 Å². The van der Waals surface area contributed by atoms with Gasteiger partial charge in [-0.3, -0.25) is 0 Å². The highest BCUT2D eigenvalue weighted by Crippen LogP contribution is 2.32. The van der Waals surface area contributed by atoms with Gasteiger partial charge in [0.2, 0.25) is 0 Å². The van der Waals surface area contributed by atoms with E-state index >= 15 is 0 Å². The first-order chi connectivity index (χ1) is 8.13. The van der Waals surface area contributed by atoms with Crippen LogP contribution in [0.4, 0.5) is 0 Å². The molecule has 0 spiro atoms. The summed E-state index contributed by atoms with van der Waals surface area (Å²) in [5, 5.41) is 3.58. The molecule has 0 aromatic carbocycles. The molecule has 0 aromatic rings. The van der Waals surface area contributed by atoms with E-state index in [0.717, 1.165) is 6.61 Å². The lowest BCUT2D eigenvalue weighted by molar-refractivity contribution is 0.0632. The Kier molecular flexibility index (Phi) is 6.45. The quantitative estimate of drug-likeness (QED) is 0.740. The summed E-state index contributed by atoms with van der Waals surface area (Å²) in [6, 6.07) is 0.510. The van der Waals surface area contributed by atoms with E-state index in [1.807, 2.05) is 0 Å². The molecular formula is C14H30N2O. The molecule has 1 fully saturated rings. The summed E-state index contributed by atoms with van der Waals surface area (Å²) >= 11 is 0. The fourth-order valence-corrected chi connectivity index (χ4v) is 3.04. The molecule has 17 heavy (non-hydrogen) atoms. The maximum atomic E-state index is 5.25. The molecule has 2 atom stereocenters. The minimum Gasteiger partial charge on any atom is -0.383 e. The third kappa shape index (κ3) is 4.57. The van der Waals surface area contributed by atoms with Gasteiger partial charge in [0, 0.05) is 26.2 Å². The summed E-state index contributed by atoms with van der Waals surface area (Å²) < 4.78 is 5.25. The van der Waals surface area contributed by atoms with Crippen LogP contribution in [0.5, 0.6) is 0 Å². The number of hydrogen-bond donors (Lipinski definition) is 1. The largest absolute Gasteiger partial charge is 0.383 e. The van der Waals surface area contributed by atoms with Crippen LogP contribution in [0.25, 0.3) is 0 Å². The van der Waals surface area contributed by atoms with Crippen molar-refractivity contribution in [3.8, 4) is 0 Å². The first-order valence-electron chi connectivity index (χ1n) is 7.03. The van der Waals surface area contributed by atoms with E-state index < -0.39 is 0 Å². The molecule has 2 unspecified atom stereocenters. The molecule has 1 rings (SSSR count). The molecule has 1 aliphatic heterocycles. The molecular weight excluding hydrogens is 212 g/mol. The summed E-state index contributed by atoms with van der Waals surface area (Å²) in [5.74, 6) is 0. The molecule has 1 aliphatic rings. The van der Waals surface area contributed by atoms with Crippen molar-refractivity contribution < 1.29 is 4.74 Å². The predicted molar refractivity (Wildman–Crippen MR) is 73.4 cm³/mol. The maximum Gasteiger partial charge on any atom is 0.0615 e. The Labute approximate surface area is 107 Å². The van der Waals surface area contributed by atoms with E-state index in [9.17, 15) is 0 Å². The van der Waals surface area contributed by atoms with E-state index in [1.54, 1.807) is 7.11 Å². The lowest BCUT2D eigenvalue weighted by Crippen LogP contribution is -2.49. The maximum absolute atomic E-state index is 5.25. The minimum absolute atomic E-state index is 0.490. The van der Waals surface area contributed by atoms with Crippen LogP contribution >= 0.6 is 0 Å². The molecule has 0 bridgehead atoms.